The highest BCUT2D eigenvalue weighted by atomic mass is 35.5. The quantitative estimate of drug-likeness (QED) is 0.931. The first-order chi connectivity index (χ1) is 9.39. The Morgan fingerprint density at radius 1 is 1.45 bits per heavy atom. The van der Waals surface area contributed by atoms with Gasteiger partial charge in [0.05, 0.1) is 17.7 Å². The van der Waals surface area contributed by atoms with E-state index in [4.69, 9.17) is 11.6 Å². The minimum Gasteiger partial charge on any atom is -0.395 e. The van der Waals surface area contributed by atoms with Crippen molar-refractivity contribution in [2.45, 2.75) is 37.6 Å². The van der Waals surface area contributed by atoms with Crippen molar-refractivity contribution in [3.63, 3.8) is 0 Å². The van der Waals surface area contributed by atoms with E-state index in [2.05, 4.69) is 0 Å². The highest BCUT2D eigenvalue weighted by molar-refractivity contribution is 7.89. The average molecular weight is 318 g/mol. The lowest BCUT2D eigenvalue weighted by Crippen LogP contribution is -2.49. The lowest BCUT2D eigenvalue weighted by Gasteiger charge is -2.38. The van der Waals surface area contributed by atoms with Crippen molar-refractivity contribution in [3.05, 3.63) is 28.8 Å². The third-order valence-corrected chi connectivity index (χ3v) is 6.58. The molecule has 4 nitrogen and oxygen atoms in total. The van der Waals surface area contributed by atoms with Crippen molar-refractivity contribution in [2.24, 2.45) is 5.92 Å². The second-order valence-corrected chi connectivity index (χ2v) is 7.61. The van der Waals surface area contributed by atoms with Gasteiger partial charge in [0, 0.05) is 6.54 Å². The molecule has 1 saturated heterocycles. The van der Waals surface area contributed by atoms with E-state index in [1.807, 2.05) is 6.92 Å². The van der Waals surface area contributed by atoms with Gasteiger partial charge in [0.2, 0.25) is 10.0 Å². The van der Waals surface area contributed by atoms with E-state index in [0.717, 1.165) is 18.4 Å². The van der Waals surface area contributed by atoms with Crippen LogP contribution in [0.4, 0.5) is 0 Å². The molecule has 1 fully saturated rings. The van der Waals surface area contributed by atoms with Crippen molar-refractivity contribution in [1.82, 2.24) is 4.31 Å². The molecule has 20 heavy (non-hydrogen) atoms. The average Bonchev–Trinajstić information content (AvgIpc) is 2.41. The molecule has 1 N–H and O–H groups in total. The SMILES string of the molecule is Cc1cccc(S(=O)(=O)N2CCCC(C)C2CO)c1Cl. The predicted octanol–water partition coefficient (Wildman–Crippen LogP) is 2.43. The maximum absolute atomic E-state index is 12.8. The van der Waals surface area contributed by atoms with Gasteiger partial charge < -0.3 is 5.11 Å². The normalized spacial score (nSPS) is 24.8. The van der Waals surface area contributed by atoms with Gasteiger partial charge in [0.25, 0.3) is 0 Å². The second-order valence-electron chi connectivity index (χ2n) is 5.37. The van der Waals surface area contributed by atoms with Crippen LogP contribution in [0.2, 0.25) is 5.02 Å². The van der Waals surface area contributed by atoms with Crippen LogP contribution in [-0.2, 0) is 10.0 Å². The summed E-state index contributed by atoms with van der Waals surface area (Å²) >= 11 is 6.16. The Morgan fingerprint density at radius 2 is 2.15 bits per heavy atom. The fourth-order valence-electron chi connectivity index (χ4n) is 2.73. The van der Waals surface area contributed by atoms with Crippen LogP contribution in [0, 0.1) is 12.8 Å². The van der Waals surface area contributed by atoms with Gasteiger partial charge in [-0.15, -0.1) is 0 Å². The highest BCUT2D eigenvalue weighted by Crippen LogP contribution is 2.32. The molecule has 6 heteroatoms. The highest BCUT2D eigenvalue weighted by Gasteiger charge is 2.37. The van der Waals surface area contributed by atoms with Gasteiger partial charge in [0.15, 0.2) is 0 Å². The van der Waals surface area contributed by atoms with Crippen LogP contribution in [0.3, 0.4) is 0 Å². The van der Waals surface area contributed by atoms with Gasteiger partial charge in [-0.05, 0) is 37.3 Å². The molecule has 0 saturated carbocycles. The Labute approximate surface area is 125 Å². The fraction of sp³-hybridized carbons (Fsp3) is 0.571. The number of aliphatic hydroxyl groups is 1. The zero-order valence-electron chi connectivity index (χ0n) is 11.7. The molecular weight excluding hydrogens is 298 g/mol. The largest absolute Gasteiger partial charge is 0.395 e. The Hall–Kier alpha value is -0.620. The summed E-state index contributed by atoms with van der Waals surface area (Å²) in [6, 6.07) is 4.63. The fourth-order valence-corrected chi connectivity index (χ4v) is 5.04. The third-order valence-electron chi connectivity index (χ3n) is 3.99. The van der Waals surface area contributed by atoms with Crippen LogP contribution in [0.15, 0.2) is 23.1 Å². The van der Waals surface area contributed by atoms with Gasteiger partial charge in [0.1, 0.15) is 4.90 Å². The number of halogens is 1. The molecule has 1 aromatic rings. The number of hydrogen-bond acceptors (Lipinski definition) is 3. The number of rotatable bonds is 3. The van der Waals surface area contributed by atoms with Crippen LogP contribution >= 0.6 is 11.6 Å². The number of nitrogens with zero attached hydrogens (tertiary/aromatic N) is 1. The van der Waals surface area contributed by atoms with E-state index in [9.17, 15) is 13.5 Å². The summed E-state index contributed by atoms with van der Waals surface area (Å²) in [7, 11) is -3.67. The van der Waals surface area contributed by atoms with E-state index < -0.39 is 10.0 Å². The lowest BCUT2D eigenvalue weighted by atomic mass is 9.93. The van der Waals surface area contributed by atoms with Crippen LogP contribution < -0.4 is 0 Å². The summed E-state index contributed by atoms with van der Waals surface area (Å²) < 4.78 is 27.0. The number of piperidine rings is 1. The Bertz CT molecular complexity index is 588. The van der Waals surface area contributed by atoms with E-state index in [-0.39, 0.29) is 28.5 Å². The summed E-state index contributed by atoms with van der Waals surface area (Å²) in [5, 5.41) is 9.79. The van der Waals surface area contributed by atoms with Crippen molar-refractivity contribution < 1.29 is 13.5 Å². The maximum atomic E-state index is 12.8. The molecule has 0 radical (unpaired) electrons. The van der Waals surface area contributed by atoms with Gasteiger partial charge >= 0.3 is 0 Å². The standard InChI is InChI=1S/C14H20ClNO3S/c1-10-6-4-8-16(12(10)9-17)20(18,19)13-7-3-5-11(2)14(13)15/h3,5,7,10,12,17H,4,6,8-9H2,1-2H3. The first-order valence-electron chi connectivity index (χ1n) is 6.77. The summed E-state index contributed by atoms with van der Waals surface area (Å²) in [6.07, 6.45) is 1.74. The first-order valence-corrected chi connectivity index (χ1v) is 8.59. The van der Waals surface area contributed by atoms with E-state index in [1.54, 1.807) is 19.1 Å². The van der Waals surface area contributed by atoms with Crippen molar-refractivity contribution in [2.75, 3.05) is 13.2 Å². The Morgan fingerprint density at radius 3 is 2.80 bits per heavy atom. The van der Waals surface area contributed by atoms with Gasteiger partial charge in [-0.3, -0.25) is 0 Å². The summed E-state index contributed by atoms with van der Waals surface area (Å²) in [4.78, 5) is 0.131. The van der Waals surface area contributed by atoms with Crippen molar-refractivity contribution in [1.29, 1.82) is 0 Å². The number of aliphatic hydroxyl groups excluding tert-OH is 1. The minimum atomic E-state index is -3.67. The zero-order chi connectivity index (χ0) is 14.9. The molecule has 0 spiro atoms. The van der Waals surface area contributed by atoms with Gasteiger partial charge in [-0.1, -0.05) is 30.7 Å². The molecular formula is C14H20ClNO3S. The second kappa shape index (κ2) is 6.02. The number of aryl methyl sites for hydroxylation is 1. The summed E-state index contributed by atoms with van der Waals surface area (Å²) in [5.74, 6) is 0.145. The smallest absolute Gasteiger partial charge is 0.244 e. The summed E-state index contributed by atoms with van der Waals surface area (Å²) in [6.45, 7) is 4.02. The van der Waals surface area contributed by atoms with Gasteiger partial charge in [-0.25, -0.2) is 8.42 Å². The maximum Gasteiger partial charge on any atom is 0.244 e. The third kappa shape index (κ3) is 2.72. The van der Waals surface area contributed by atoms with E-state index in [0.29, 0.717) is 6.54 Å². The molecule has 1 aromatic carbocycles. The van der Waals surface area contributed by atoms with Crippen LogP contribution in [-0.4, -0.2) is 37.0 Å². The van der Waals surface area contributed by atoms with E-state index in [1.165, 1.54) is 10.4 Å². The first kappa shape index (κ1) is 15.8. The molecule has 0 bridgehead atoms. The van der Waals surface area contributed by atoms with E-state index >= 15 is 0 Å². The predicted molar refractivity (Wildman–Crippen MR) is 79.4 cm³/mol. The Kier molecular flexibility index (Phi) is 4.74. The monoisotopic (exact) mass is 317 g/mol. The zero-order valence-corrected chi connectivity index (χ0v) is 13.3. The van der Waals surface area contributed by atoms with Gasteiger partial charge in [-0.2, -0.15) is 4.31 Å². The topological polar surface area (TPSA) is 57.6 Å². The number of benzene rings is 1. The van der Waals surface area contributed by atoms with Crippen molar-refractivity contribution >= 4 is 21.6 Å². The molecule has 0 aromatic heterocycles. The lowest BCUT2D eigenvalue weighted by molar-refractivity contribution is 0.113. The molecule has 2 atom stereocenters. The molecule has 112 valence electrons. The van der Waals surface area contributed by atoms with Crippen molar-refractivity contribution in [3.8, 4) is 0 Å². The minimum absolute atomic E-state index is 0.131. The molecule has 0 aliphatic carbocycles. The molecule has 1 aliphatic heterocycles. The molecule has 0 amide bonds. The van der Waals surface area contributed by atoms with Crippen LogP contribution in [0.25, 0.3) is 0 Å². The molecule has 1 heterocycles. The summed E-state index contributed by atoms with van der Waals surface area (Å²) in [5.41, 5.74) is 0.735. The number of sulfonamides is 1. The van der Waals surface area contributed by atoms with Crippen LogP contribution in [0.5, 0.6) is 0 Å². The van der Waals surface area contributed by atoms with Crippen LogP contribution in [0.1, 0.15) is 25.3 Å². The Balaban J connectivity index is 2.46. The molecule has 2 rings (SSSR count). The number of hydrogen-bond donors (Lipinski definition) is 1. The molecule has 2 unspecified atom stereocenters. The molecule has 1 aliphatic rings.